The Hall–Kier alpha value is -1.78. The molecule has 2 rings (SSSR count). The van der Waals surface area contributed by atoms with Crippen molar-refractivity contribution in [2.24, 2.45) is 0 Å². The average molecular weight is 260 g/mol. The number of aromatic hydroxyl groups is 1. The molecule has 0 atom stereocenters. The fraction of sp³-hybridized carbons (Fsp3) is 0.333. The van der Waals surface area contributed by atoms with Crippen molar-refractivity contribution in [3.05, 3.63) is 53.9 Å². The Labute approximate surface area is 113 Å². The number of nitrogens with one attached hydrogen (secondary N) is 1. The number of phenols is 1. The van der Waals surface area contributed by atoms with E-state index in [0.29, 0.717) is 12.4 Å². The summed E-state index contributed by atoms with van der Waals surface area (Å²) in [5.74, 6) is 0.310. The predicted octanol–water partition coefficient (Wildman–Crippen LogP) is 1.98. The van der Waals surface area contributed by atoms with Gasteiger partial charge >= 0.3 is 0 Å². The smallest absolute Gasteiger partial charge is 0.115 e. The number of nitrogens with zero attached hydrogens (tertiary/aromatic N) is 1. The second-order valence-corrected chi connectivity index (χ2v) is 4.47. The van der Waals surface area contributed by atoms with E-state index < -0.39 is 0 Å². The minimum Gasteiger partial charge on any atom is -0.508 e. The fourth-order valence-corrected chi connectivity index (χ4v) is 2.01. The highest BCUT2D eigenvalue weighted by atomic mass is 16.5. The van der Waals surface area contributed by atoms with Gasteiger partial charge in [0.2, 0.25) is 0 Å². The highest BCUT2D eigenvalue weighted by Crippen LogP contribution is 2.13. The monoisotopic (exact) mass is 260 g/mol. The molecule has 19 heavy (non-hydrogen) atoms. The van der Waals surface area contributed by atoms with Crippen LogP contribution in [0.15, 0.2) is 42.6 Å². The second kappa shape index (κ2) is 6.97. The van der Waals surface area contributed by atoms with Gasteiger partial charge < -0.3 is 19.7 Å². The number of aromatic nitrogens is 1. The standard InChI is InChI=1S/C15H20N2O2/c1-19-9-7-16-11-14-5-3-8-17(14)12-13-4-2-6-15(18)10-13/h2-6,8,10,16,18H,7,9,11-12H2,1H3. The van der Waals surface area contributed by atoms with Gasteiger partial charge in [-0.3, -0.25) is 0 Å². The maximum absolute atomic E-state index is 9.48. The third kappa shape index (κ3) is 4.12. The number of methoxy groups -OCH3 is 1. The van der Waals surface area contributed by atoms with Crippen molar-refractivity contribution in [2.75, 3.05) is 20.3 Å². The van der Waals surface area contributed by atoms with Crippen molar-refractivity contribution >= 4 is 0 Å². The highest BCUT2D eigenvalue weighted by molar-refractivity contribution is 5.27. The molecule has 0 aliphatic carbocycles. The Morgan fingerprint density at radius 2 is 2.16 bits per heavy atom. The summed E-state index contributed by atoms with van der Waals surface area (Å²) in [5.41, 5.74) is 2.31. The summed E-state index contributed by atoms with van der Waals surface area (Å²) in [6.07, 6.45) is 2.05. The summed E-state index contributed by atoms with van der Waals surface area (Å²) in [4.78, 5) is 0. The van der Waals surface area contributed by atoms with E-state index in [4.69, 9.17) is 4.74 Å². The Morgan fingerprint density at radius 3 is 2.95 bits per heavy atom. The first-order valence-electron chi connectivity index (χ1n) is 6.41. The summed E-state index contributed by atoms with van der Waals surface area (Å²) >= 11 is 0. The van der Waals surface area contributed by atoms with Crippen molar-refractivity contribution in [1.82, 2.24) is 9.88 Å². The molecule has 4 nitrogen and oxygen atoms in total. The van der Waals surface area contributed by atoms with Crippen LogP contribution in [0.1, 0.15) is 11.3 Å². The molecule has 0 radical (unpaired) electrons. The van der Waals surface area contributed by atoms with E-state index in [1.807, 2.05) is 18.2 Å². The molecule has 1 aromatic carbocycles. The van der Waals surface area contributed by atoms with Crippen LogP contribution in [0.5, 0.6) is 5.75 Å². The van der Waals surface area contributed by atoms with Gasteiger partial charge in [-0.1, -0.05) is 12.1 Å². The van der Waals surface area contributed by atoms with E-state index in [0.717, 1.165) is 25.2 Å². The van der Waals surface area contributed by atoms with Crippen molar-refractivity contribution in [1.29, 1.82) is 0 Å². The minimum absolute atomic E-state index is 0.310. The molecule has 0 aliphatic rings. The summed E-state index contributed by atoms with van der Waals surface area (Å²) < 4.78 is 7.18. The lowest BCUT2D eigenvalue weighted by Gasteiger charge is -2.10. The number of ether oxygens (including phenoxy) is 1. The Bertz CT molecular complexity index is 508. The van der Waals surface area contributed by atoms with Gasteiger partial charge in [-0.05, 0) is 29.8 Å². The van der Waals surface area contributed by atoms with Crippen molar-refractivity contribution in [2.45, 2.75) is 13.1 Å². The minimum atomic E-state index is 0.310. The highest BCUT2D eigenvalue weighted by Gasteiger charge is 2.02. The number of rotatable bonds is 7. The van der Waals surface area contributed by atoms with Crippen LogP contribution in [0.2, 0.25) is 0 Å². The van der Waals surface area contributed by atoms with Crippen LogP contribution in [0.3, 0.4) is 0 Å². The van der Waals surface area contributed by atoms with Crippen LogP contribution in [-0.2, 0) is 17.8 Å². The first-order valence-corrected chi connectivity index (χ1v) is 6.41. The van der Waals surface area contributed by atoms with Gasteiger partial charge in [0.1, 0.15) is 5.75 Å². The molecule has 4 heteroatoms. The maximum Gasteiger partial charge on any atom is 0.115 e. The molecule has 102 valence electrons. The lowest BCUT2D eigenvalue weighted by molar-refractivity contribution is 0.199. The van der Waals surface area contributed by atoms with Gasteiger partial charge in [0.25, 0.3) is 0 Å². The zero-order valence-corrected chi connectivity index (χ0v) is 11.2. The van der Waals surface area contributed by atoms with Gasteiger partial charge in [-0.25, -0.2) is 0 Å². The van der Waals surface area contributed by atoms with Crippen LogP contribution >= 0.6 is 0 Å². The van der Waals surface area contributed by atoms with Crippen LogP contribution in [0, 0.1) is 0 Å². The molecule has 0 saturated carbocycles. The molecular weight excluding hydrogens is 240 g/mol. The summed E-state index contributed by atoms with van der Waals surface area (Å²) in [6, 6.07) is 11.5. The molecule has 0 aliphatic heterocycles. The van der Waals surface area contributed by atoms with Crippen LogP contribution in [0.4, 0.5) is 0 Å². The van der Waals surface area contributed by atoms with Gasteiger partial charge in [-0.15, -0.1) is 0 Å². The number of phenolic OH excluding ortho intramolecular Hbond substituents is 1. The molecular formula is C15H20N2O2. The first-order chi connectivity index (χ1) is 9.29. The second-order valence-electron chi connectivity index (χ2n) is 4.47. The van der Waals surface area contributed by atoms with Gasteiger partial charge in [0.05, 0.1) is 6.61 Å². The summed E-state index contributed by atoms with van der Waals surface area (Å²) in [5, 5.41) is 12.8. The lowest BCUT2D eigenvalue weighted by Crippen LogP contribution is -2.20. The molecule has 2 N–H and O–H groups in total. The lowest BCUT2D eigenvalue weighted by atomic mass is 10.2. The SMILES string of the molecule is COCCNCc1cccn1Cc1cccc(O)c1. The Balaban J connectivity index is 1.95. The third-order valence-corrected chi connectivity index (χ3v) is 2.98. The number of hydrogen-bond acceptors (Lipinski definition) is 3. The molecule has 0 unspecified atom stereocenters. The van der Waals surface area contributed by atoms with E-state index in [1.165, 1.54) is 5.69 Å². The Kier molecular flexibility index (Phi) is 5.01. The molecule has 0 spiro atoms. The quantitative estimate of drug-likeness (QED) is 0.748. The molecule has 1 heterocycles. The zero-order chi connectivity index (χ0) is 13.5. The van der Waals surface area contributed by atoms with Crippen LogP contribution in [0.25, 0.3) is 0 Å². The van der Waals surface area contributed by atoms with Crippen molar-refractivity contribution in [3.8, 4) is 5.75 Å². The maximum atomic E-state index is 9.48. The van der Waals surface area contributed by atoms with E-state index in [-0.39, 0.29) is 0 Å². The summed E-state index contributed by atoms with van der Waals surface area (Å²) in [7, 11) is 1.70. The van der Waals surface area contributed by atoms with E-state index in [1.54, 1.807) is 19.2 Å². The van der Waals surface area contributed by atoms with E-state index in [9.17, 15) is 5.11 Å². The molecule has 0 amide bonds. The summed E-state index contributed by atoms with van der Waals surface area (Å²) in [6.45, 7) is 3.14. The number of benzene rings is 1. The normalized spacial score (nSPS) is 10.8. The average Bonchev–Trinajstić information content (AvgIpc) is 2.82. The van der Waals surface area contributed by atoms with E-state index in [2.05, 4.69) is 22.1 Å². The van der Waals surface area contributed by atoms with Crippen LogP contribution < -0.4 is 5.32 Å². The third-order valence-electron chi connectivity index (χ3n) is 2.98. The fourth-order valence-electron chi connectivity index (χ4n) is 2.01. The molecule has 2 aromatic rings. The number of hydrogen-bond donors (Lipinski definition) is 2. The van der Waals surface area contributed by atoms with Crippen molar-refractivity contribution < 1.29 is 9.84 Å². The molecule has 0 fully saturated rings. The van der Waals surface area contributed by atoms with Crippen LogP contribution in [-0.4, -0.2) is 29.9 Å². The Morgan fingerprint density at radius 1 is 1.26 bits per heavy atom. The van der Waals surface area contributed by atoms with E-state index >= 15 is 0 Å². The molecule has 0 saturated heterocycles. The topological polar surface area (TPSA) is 46.4 Å². The van der Waals surface area contributed by atoms with Gasteiger partial charge in [-0.2, -0.15) is 0 Å². The molecule has 0 bridgehead atoms. The molecule has 1 aromatic heterocycles. The van der Waals surface area contributed by atoms with Gasteiger partial charge in [0.15, 0.2) is 0 Å². The first kappa shape index (κ1) is 13.6. The van der Waals surface area contributed by atoms with Crippen molar-refractivity contribution in [3.63, 3.8) is 0 Å². The van der Waals surface area contributed by atoms with Gasteiger partial charge in [0, 0.05) is 38.6 Å². The zero-order valence-electron chi connectivity index (χ0n) is 11.2. The largest absolute Gasteiger partial charge is 0.508 e. The predicted molar refractivity (Wildman–Crippen MR) is 75.2 cm³/mol.